The predicted molar refractivity (Wildman–Crippen MR) is 70.5 cm³/mol. The molecule has 0 spiro atoms. The van der Waals surface area contributed by atoms with Crippen molar-refractivity contribution >= 4 is 11.7 Å². The lowest BCUT2D eigenvalue weighted by atomic mass is 10.0. The van der Waals surface area contributed by atoms with Crippen LogP contribution in [0.25, 0.3) is 0 Å². The Labute approximate surface area is 107 Å². The summed E-state index contributed by atoms with van der Waals surface area (Å²) >= 11 is 0. The van der Waals surface area contributed by atoms with E-state index in [1.54, 1.807) is 4.68 Å². The number of primary amides is 1. The number of amides is 1. The number of nitrogens with zero attached hydrogens (tertiary/aromatic N) is 3. The van der Waals surface area contributed by atoms with Gasteiger partial charge in [-0.2, -0.15) is 5.10 Å². The van der Waals surface area contributed by atoms with E-state index in [4.69, 9.17) is 11.5 Å². The maximum atomic E-state index is 11.6. The summed E-state index contributed by atoms with van der Waals surface area (Å²) in [5.41, 5.74) is 12.5. The van der Waals surface area contributed by atoms with Gasteiger partial charge in [0.2, 0.25) is 0 Å². The molecule has 0 aliphatic carbocycles. The monoisotopic (exact) mass is 251 g/mol. The Balaban J connectivity index is 2.45. The first-order valence-electron chi connectivity index (χ1n) is 6.36. The van der Waals surface area contributed by atoms with E-state index in [2.05, 4.69) is 10.00 Å². The highest BCUT2D eigenvalue weighted by atomic mass is 16.1. The highest BCUT2D eigenvalue weighted by molar-refractivity contribution is 5.99. The molecule has 1 aliphatic heterocycles. The van der Waals surface area contributed by atoms with Gasteiger partial charge in [0.05, 0.1) is 5.69 Å². The Morgan fingerprint density at radius 2 is 2.22 bits per heavy atom. The first kappa shape index (κ1) is 12.9. The Morgan fingerprint density at radius 3 is 2.83 bits per heavy atom. The minimum absolute atomic E-state index is 0.270. The molecule has 1 aromatic rings. The van der Waals surface area contributed by atoms with Crippen LogP contribution in [-0.4, -0.2) is 34.8 Å². The van der Waals surface area contributed by atoms with Crippen molar-refractivity contribution in [2.75, 3.05) is 18.0 Å². The second-order valence-corrected chi connectivity index (χ2v) is 4.85. The van der Waals surface area contributed by atoms with E-state index >= 15 is 0 Å². The Bertz CT molecular complexity index is 454. The zero-order chi connectivity index (χ0) is 13.3. The zero-order valence-electron chi connectivity index (χ0n) is 11.0. The van der Waals surface area contributed by atoms with Crippen LogP contribution < -0.4 is 16.4 Å². The van der Waals surface area contributed by atoms with Gasteiger partial charge in [-0.15, -0.1) is 0 Å². The van der Waals surface area contributed by atoms with Crippen LogP contribution in [-0.2, 0) is 7.05 Å². The third kappa shape index (κ3) is 2.08. The fraction of sp³-hybridized carbons (Fsp3) is 0.667. The molecule has 1 unspecified atom stereocenters. The molecule has 1 fully saturated rings. The van der Waals surface area contributed by atoms with Gasteiger partial charge in [-0.25, -0.2) is 0 Å². The molecule has 4 N–H and O–H groups in total. The number of aryl methyl sites for hydroxylation is 2. The van der Waals surface area contributed by atoms with Gasteiger partial charge in [0.25, 0.3) is 5.91 Å². The summed E-state index contributed by atoms with van der Waals surface area (Å²) in [6.07, 6.45) is 3.35. The molecule has 2 rings (SSSR count). The molecule has 2 heterocycles. The number of hydrogen-bond donors (Lipinski definition) is 2. The molecular weight excluding hydrogens is 230 g/mol. The molecule has 0 saturated carbocycles. The third-order valence-corrected chi connectivity index (χ3v) is 3.61. The van der Waals surface area contributed by atoms with Gasteiger partial charge in [0.15, 0.2) is 0 Å². The minimum atomic E-state index is -0.419. The summed E-state index contributed by atoms with van der Waals surface area (Å²) < 4.78 is 1.74. The summed E-state index contributed by atoms with van der Waals surface area (Å²) in [6.45, 7) is 3.30. The fourth-order valence-electron chi connectivity index (χ4n) is 2.79. The summed E-state index contributed by atoms with van der Waals surface area (Å²) in [5.74, 6) is 0.395. The molecule has 0 bridgehead atoms. The number of piperidine rings is 1. The van der Waals surface area contributed by atoms with Crippen molar-refractivity contribution in [2.45, 2.75) is 32.2 Å². The van der Waals surface area contributed by atoms with Gasteiger partial charge in [0, 0.05) is 26.2 Å². The second kappa shape index (κ2) is 4.97. The molecule has 100 valence electrons. The van der Waals surface area contributed by atoms with Crippen LogP contribution in [0, 0.1) is 6.92 Å². The van der Waals surface area contributed by atoms with Crippen LogP contribution >= 0.6 is 0 Å². The van der Waals surface area contributed by atoms with Crippen LogP contribution in [0.1, 0.15) is 35.3 Å². The van der Waals surface area contributed by atoms with Gasteiger partial charge in [0.1, 0.15) is 11.4 Å². The molecule has 18 heavy (non-hydrogen) atoms. The Morgan fingerprint density at radius 1 is 1.50 bits per heavy atom. The molecule has 6 nitrogen and oxygen atoms in total. The fourth-order valence-corrected chi connectivity index (χ4v) is 2.79. The second-order valence-electron chi connectivity index (χ2n) is 4.85. The molecule has 1 aliphatic rings. The lowest BCUT2D eigenvalue weighted by Gasteiger charge is -2.37. The maximum Gasteiger partial charge on any atom is 0.254 e. The number of carbonyl (C=O) groups excluding carboxylic acids is 1. The summed E-state index contributed by atoms with van der Waals surface area (Å²) in [5, 5.41) is 4.31. The van der Waals surface area contributed by atoms with Crippen LogP contribution in [0.5, 0.6) is 0 Å². The van der Waals surface area contributed by atoms with Crippen LogP contribution in [0.2, 0.25) is 0 Å². The lowest BCUT2D eigenvalue weighted by Crippen LogP contribution is -2.45. The third-order valence-electron chi connectivity index (χ3n) is 3.61. The van der Waals surface area contributed by atoms with Gasteiger partial charge in [-0.1, -0.05) is 0 Å². The first-order valence-corrected chi connectivity index (χ1v) is 6.36. The normalized spacial score (nSPS) is 20.2. The maximum absolute atomic E-state index is 11.6. The van der Waals surface area contributed by atoms with Crippen molar-refractivity contribution in [3.05, 3.63) is 11.3 Å². The topological polar surface area (TPSA) is 90.2 Å². The van der Waals surface area contributed by atoms with Crippen molar-refractivity contribution in [1.29, 1.82) is 0 Å². The summed E-state index contributed by atoms with van der Waals surface area (Å²) in [6, 6.07) is 0.270. The van der Waals surface area contributed by atoms with Crippen molar-refractivity contribution < 1.29 is 4.79 Å². The Hall–Kier alpha value is -1.56. The van der Waals surface area contributed by atoms with E-state index in [1.165, 1.54) is 6.42 Å². The standard InChI is InChI=1S/C12H21N5O/c1-8-10(11(14)18)12(16(2)15-8)17-6-4-3-5-9(17)7-13/h9H,3-7,13H2,1-2H3,(H2,14,18). The summed E-state index contributed by atoms with van der Waals surface area (Å²) in [4.78, 5) is 13.8. The van der Waals surface area contributed by atoms with Gasteiger partial charge in [-0.05, 0) is 26.2 Å². The van der Waals surface area contributed by atoms with E-state index in [1.807, 2.05) is 14.0 Å². The van der Waals surface area contributed by atoms with Gasteiger partial charge >= 0.3 is 0 Å². The molecule has 0 aromatic carbocycles. The van der Waals surface area contributed by atoms with Gasteiger partial charge < -0.3 is 16.4 Å². The number of rotatable bonds is 3. The Kier molecular flexibility index (Phi) is 3.56. The number of hydrogen-bond acceptors (Lipinski definition) is 4. The molecule has 1 aromatic heterocycles. The van der Waals surface area contributed by atoms with E-state index in [0.29, 0.717) is 17.8 Å². The quantitative estimate of drug-likeness (QED) is 0.800. The minimum Gasteiger partial charge on any atom is -0.365 e. The van der Waals surface area contributed by atoms with Crippen molar-refractivity contribution in [3.8, 4) is 0 Å². The highest BCUT2D eigenvalue weighted by Gasteiger charge is 2.29. The molecular formula is C12H21N5O. The number of aromatic nitrogens is 2. The van der Waals surface area contributed by atoms with E-state index in [9.17, 15) is 4.79 Å². The molecule has 6 heteroatoms. The number of nitrogens with two attached hydrogens (primary N) is 2. The van der Waals surface area contributed by atoms with Crippen molar-refractivity contribution in [2.24, 2.45) is 18.5 Å². The zero-order valence-corrected chi connectivity index (χ0v) is 11.0. The van der Waals surface area contributed by atoms with E-state index in [0.717, 1.165) is 25.2 Å². The molecule has 0 radical (unpaired) electrons. The SMILES string of the molecule is Cc1nn(C)c(N2CCCCC2CN)c1C(N)=O. The smallest absolute Gasteiger partial charge is 0.254 e. The summed E-state index contributed by atoms with van der Waals surface area (Å²) in [7, 11) is 1.84. The first-order chi connectivity index (χ1) is 8.56. The number of anilines is 1. The van der Waals surface area contributed by atoms with Crippen molar-refractivity contribution in [1.82, 2.24) is 9.78 Å². The number of carbonyl (C=O) groups is 1. The average molecular weight is 251 g/mol. The van der Waals surface area contributed by atoms with Crippen LogP contribution in [0.3, 0.4) is 0 Å². The molecule has 1 amide bonds. The molecule has 1 atom stereocenters. The lowest BCUT2D eigenvalue weighted by molar-refractivity contribution is 0.1000. The van der Waals surface area contributed by atoms with E-state index in [-0.39, 0.29) is 6.04 Å². The predicted octanol–water partition coefficient (Wildman–Crippen LogP) is 0.145. The van der Waals surface area contributed by atoms with Gasteiger partial charge in [-0.3, -0.25) is 9.48 Å². The van der Waals surface area contributed by atoms with Crippen LogP contribution in [0.15, 0.2) is 0 Å². The largest absolute Gasteiger partial charge is 0.365 e. The average Bonchev–Trinajstić information content (AvgIpc) is 2.64. The highest BCUT2D eigenvalue weighted by Crippen LogP contribution is 2.28. The van der Waals surface area contributed by atoms with E-state index < -0.39 is 5.91 Å². The van der Waals surface area contributed by atoms with Crippen LogP contribution in [0.4, 0.5) is 5.82 Å². The molecule has 1 saturated heterocycles. The van der Waals surface area contributed by atoms with Crippen molar-refractivity contribution in [3.63, 3.8) is 0 Å².